The lowest BCUT2D eigenvalue weighted by atomic mass is 9.95. The van der Waals surface area contributed by atoms with Crippen LogP contribution in [0.15, 0.2) is 35.7 Å². The van der Waals surface area contributed by atoms with E-state index in [4.69, 9.17) is 11.6 Å². The third-order valence-corrected chi connectivity index (χ3v) is 5.95. The van der Waals surface area contributed by atoms with Crippen LogP contribution in [0, 0.1) is 5.82 Å². The quantitative estimate of drug-likeness (QED) is 0.743. The molecule has 1 aliphatic rings. The Balaban J connectivity index is 1.37. The summed E-state index contributed by atoms with van der Waals surface area (Å²) in [5.41, 5.74) is 0.275. The molecule has 1 saturated heterocycles. The first kappa shape index (κ1) is 19.8. The van der Waals surface area contributed by atoms with Gasteiger partial charge in [0.1, 0.15) is 5.82 Å². The van der Waals surface area contributed by atoms with Gasteiger partial charge in [0.15, 0.2) is 0 Å². The van der Waals surface area contributed by atoms with E-state index < -0.39 is 17.6 Å². The van der Waals surface area contributed by atoms with Crippen molar-refractivity contribution in [1.29, 1.82) is 0 Å². The average molecular weight is 410 g/mol. The lowest BCUT2D eigenvalue weighted by molar-refractivity contribution is -0.136. The maximum absolute atomic E-state index is 13.1. The summed E-state index contributed by atoms with van der Waals surface area (Å²) in [6.45, 7) is 3.08. The molecule has 0 atom stereocenters. The molecule has 1 fully saturated rings. The van der Waals surface area contributed by atoms with Crippen LogP contribution in [0.4, 0.5) is 10.1 Å². The predicted octanol–water partition coefficient (Wildman–Crippen LogP) is 3.47. The largest absolute Gasteiger partial charge is 0.347 e. The Labute approximate surface area is 166 Å². The molecule has 2 amide bonds. The van der Waals surface area contributed by atoms with Crippen LogP contribution in [0.3, 0.4) is 0 Å². The standard InChI is InChI=1S/C19H21ClFN3O2S/c20-15-12-14(3-4-16(15)21)23-19(26)18(25)22-7-10-24-8-5-13(6-9-24)17-2-1-11-27-17/h1-4,11-13H,5-10H2,(H,22,25)(H,23,26). The SMILES string of the molecule is O=C(NCCN1CCC(c2cccs2)CC1)C(=O)Nc1ccc(F)c(Cl)c1. The Morgan fingerprint density at radius 1 is 1.22 bits per heavy atom. The van der Waals surface area contributed by atoms with Gasteiger partial charge in [-0.05, 0) is 61.5 Å². The predicted molar refractivity (Wildman–Crippen MR) is 106 cm³/mol. The van der Waals surface area contributed by atoms with Crippen molar-refractivity contribution in [1.82, 2.24) is 10.2 Å². The Bertz CT molecular complexity index is 792. The van der Waals surface area contributed by atoms with Crippen molar-refractivity contribution in [2.45, 2.75) is 18.8 Å². The molecule has 0 bridgehead atoms. The van der Waals surface area contributed by atoms with Crippen LogP contribution in [0.25, 0.3) is 0 Å². The summed E-state index contributed by atoms with van der Waals surface area (Å²) in [6.07, 6.45) is 2.22. The molecule has 2 heterocycles. The number of carbonyl (C=O) groups excluding carboxylic acids is 2. The Morgan fingerprint density at radius 2 is 2.00 bits per heavy atom. The first-order valence-electron chi connectivity index (χ1n) is 8.83. The number of rotatable bonds is 5. The van der Waals surface area contributed by atoms with E-state index in [0.717, 1.165) is 32.0 Å². The van der Waals surface area contributed by atoms with Gasteiger partial charge in [-0.25, -0.2) is 4.39 Å². The van der Waals surface area contributed by atoms with E-state index in [1.54, 1.807) is 0 Å². The minimum Gasteiger partial charge on any atom is -0.347 e. The van der Waals surface area contributed by atoms with Crippen LogP contribution >= 0.6 is 22.9 Å². The fraction of sp³-hybridized carbons (Fsp3) is 0.368. The number of hydrogen-bond donors (Lipinski definition) is 2. The molecule has 2 N–H and O–H groups in total. The van der Waals surface area contributed by atoms with Crippen molar-refractivity contribution in [2.75, 3.05) is 31.5 Å². The van der Waals surface area contributed by atoms with Gasteiger partial charge in [-0.15, -0.1) is 11.3 Å². The van der Waals surface area contributed by atoms with Crippen LogP contribution in [0.1, 0.15) is 23.6 Å². The van der Waals surface area contributed by atoms with E-state index >= 15 is 0 Å². The fourth-order valence-corrected chi connectivity index (χ4v) is 4.21. The van der Waals surface area contributed by atoms with Crippen molar-refractivity contribution in [2.24, 2.45) is 0 Å². The molecular formula is C19H21ClFN3O2S. The molecule has 0 spiro atoms. The molecule has 0 saturated carbocycles. The number of benzene rings is 1. The van der Waals surface area contributed by atoms with E-state index in [1.807, 2.05) is 11.3 Å². The minimum absolute atomic E-state index is 0.112. The maximum atomic E-state index is 13.1. The Morgan fingerprint density at radius 3 is 2.67 bits per heavy atom. The zero-order chi connectivity index (χ0) is 19.2. The number of nitrogens with zero attached hydrogens (tertiary/aromatic N) is 1. The summed E-state index contributed by atoms with van der Waals surface area (Å²) >= 11 is 7.47. The summed E-state index contributed by atoms with van der Waals surface area (Å²) in [5.74, 6) is -1.47. The highest BCUT2D eigenvalue weighted by molar-refractivity contribution is 7.10. The number of thiophene rings is 1. The highest BCUT2D eigenvalue weighted by Crippen LogP contribution is 2.30. The number of amides is 2. The number of carbonyl (C=O) groups is 2. The van der Waals surface area contributed by atoms with Gasteiger partial charge >= 0.3 is 11.8 Å². The second kappa shape index (κ2) is 9.30. The summed E-state index contributed by atoms with van der Waals surface area (Å²) in [7, 11) is 0. The number of anilines is 1. The van der Waals surface area contributed by atoms with Gasteiger partial charge in [0, 0.05) is 23.7 Å². The van der Waals surface area contributed by atoms with Gasteiger partial charge in [0.25, 0.3) is 0 Å². The maximum Gasteiger partial charge on any atom is 0.313 e. The molecular weight excluding hydrogens is 389 g/mol. The van der Waals surface area contributed by atoms with Crippen molar-refractivity contribution in [3.8, 4) is 0 Å². The smallest absolute Gasteiger partial charge is 0.313 e. The number of piperidine rings is 1. The van der Waals surface area contributed by atoms with Crippen molar-refractivity contribution in [3.63, 3.8) is 0 Å². The number of halogens is 2. The summed E-state index contributed by atoms with van der Waals surface area (Å²) in [6, 6.07) is 8.03. The van der Waals surface area contributed by atoms with Gasteiger partial charge in [-0.1, -0.05) is 17.7 Å². The molecule has 1 aromatic carbocycles. The minimum atomic E-state index is -0.797. The van der Waals surface area contributed by atoms with Crippen molar-refractivity contribution < 1.29 is 14.0 Å². The zero-order valence-corrected chi connectivity index (χ0v) is 16.3. The van der Waals surface area contributed by atoms with E-state index in [9.17, 15) is 14.0 Å². The number of nitrogens with one attached hydrogen (secondary N) is 2. The molecule has 8 heteroatoms. The molecule has 0 aliphatic carbocycles. The van der Waals surface area contributed by atoms with Gasteiger partial charge in [0.2, 0.25) is 0 Å². The first-order chi connectivity index (χ1) is 13.0. The Kier molecular flexibility index (Phi) is 6.82. The van der Waals surface area contributed by atoms with Crippen LogP contribution in [-0.4, -0.2) is 42.9 Å². The van der Waals surface area contributed by atoms with Crippen molar-refractivity contribution in [3.05, 3.63) is 51.4 Å². The zero-order valence-electron chi connectivity index (χ0n) is 14.7. The van der Waals surface area contributed by atoms with Crippen LogP contribution in [-0.2, 0) is 9.59 Å². The van der Waals surface area contributed by atoms with Gasteiger partial charge < -0.3 is 15.5 Å². The highest BCUT2D eigenvalue weighted by atomic mass is 35.5. The molecule has 1 aliphatic heterocycles. The molecule has 144 valence electrons. The molecule has 1 aromatic heterocycles. The molecule has 0 radical (unpaired) electrons. The molecule has 0 unspecified atom stereocenters. The third-order valence-electron chi connectivity index (χ3n) is 4.63. The number of hydrogen-bond acceptors (Lipinski definition) is 4. The topological polar surface area (TPSA) is 61.4 Å². The van der Waals surface area contributed by atoms with Crippen LogP contribution in [0.2, 0.25) is 5.02 Å². The first-order valence-corrected chi connectivity index (χ1v) is 10.1. The van der Waals surface area contributed by atoms with Crippen molar-refractivity contribution >= 4 is 40.4 Å². The molecule has 3 rings (SSSR count). The van der Waals surface area contributed by atoms with E-state index in [-0.39, 0.29) is 10.7 Å². The number of likely N-dealkylation sites (tertiary alicyclic amines) is 1. The third kappa shape index (κ3) is 5.51. The molecule has 5 nitrogen and oxygen atoms in total. The van der Waals surface area contributed by atoms with Gasteiger partial charge in [-0.2, -0.15) is 0 Å². The Hall–Kier alpha value is -1.96. The normalized spacial score (nSPS) is 15.5. The lowest BCUT2D eigenvalue weighted by Crippen LogP contribution is -2.42. The monoisotopic (exact) mass is 409 g/mol. The fourth-order valence-electron chi connectivity index (χ4n) is 3.13. The molecule has 2 aromatic rings. The summed E-state index contributed by atoms with van der Waals surface area (Å²) in [4.78, 5) is 27.5. The van der Waals surface area contributed by atoms with Crippen LogP contribution < -0.4 is 10.6 Å². The average Bonchev–Trinajstić information content (AvgIpc) is 3.20. The van der Waals surface area contributed by atoms with E-state index in [0.29, 0.717) is 19.0 Å². The lowest BCUT2D eigenvalue weighted by Gasteiger charge is -2.31. The summed E-state index contributed by atoms with van der Waals surface area (Å²) in [5, 5.41) is 7.02. The van der Waals surface area contributed by atoms with Gasteiger partial charge in [0.05, 0.1) is 5.02 Å². The molecule has 27 heavy (non-hydrogen) atoms. The van der Waals surface area contributed by atoms with E-state index in [2.05, 4.69) is 33.0 Å². The van der Waals surface area contributed by atoms with Gasteiger partial charge in [-0.3, -0.25) is 9.59 Å². The highest BCUT2D eigenvalue weighted by Gasteiger charge is 2.21. The van der Waals surface area contributed by atoms with Crippen LogP contribution in [0.5, 0.6) is 0 Å². The summed E-state index contributed by atoms with van der Waals surface area (Å²) < 4.78 is 13.1. The second-order valence-electron chi connectivity index (χ2n) is 6.47. The van der Waals surface area contributed by atoms with E-state index in [1.165, 1.54) is 17.0 Å². The second-order valence-corrected chi connectivity index (χ2v) is 7.86.